The number of aromatic nitrogens is 4. The van der Waals surface area contributed by atoms with Crippen LogP contribution in [0.4, 0.5) is 0 Å². The van der Waals surface area contributed by atoms with Gasteiger partial charge in [-0.2, -0.15) is 10.2 Å². The molecule has 26 heavy (non-hydrogen) atoms. The molecule has 2 aromatic heterocycles. The molecular weight excluding hydrogens is 344 g/mol. The van der Waals surface area contributed by atoms with Gasteiger partial charge in [-0.25, -0.2) is 9.36 Å². The Morgan fingerprint density at radius 1 is 0.923 bits per heavy atom. The van der Waals surface area contributed by atoms with Crippen molar-refractivity contribution >= 4 is 11.8 Å². The maximum atomic E-state index is 12.5. The van der Waals surface area contributed by atoms with E-state index in [9.17, 15) is 4.79 Å². The van der Waals surface area contributed by atoms with Crippen LogP contribution in [-0.4, -0.2) is 25.8 Å². The van der Waals surface area contributed by atoms with Crippen molar-refractivity contribution in [2.75, 3.05) is 6.26 Å². The molecular formula is C20H16N4OS. The average molecular weight is 360 g/mol. The zero-order chi connectivity index (χ0) is 17.9. The van der Waals surface area contributed by atoms with E-state index in [4.69, 9.17) is 0 Å². The fourth-order valence-electron chi connectivity index (χ4n) is 2.80. The van der Waals surface area contributed by atoms with Crippen molar-refractivity contribution in [1.82, 2.24) is 19.6 Å². The predicted octanol–water partition coefficient (Wildman–Crippen LogP) is 3.81. The molecule has 0 fully saturated rings. The molecule has 4 aromatic rings. The van der Waals surface area contributed by atoms with Crippen LogP contribution in [0.5, 0.6) is 0 Å². The molecule has 5 nitrogen and oxygen atoms in total. The molecule has 0 radical (unpaired) electrons. The number of hydrogen-bond donors (Lipinski definition) is 0. The molecule has 2 heterocycles. The number of rotatable bonds is 4. The fraction of sp³-hybridized carbons (Fsp3) is 0.0500. The van der Waals surface area contributed by atoms with Crippen molar-refractivity contribution < 1.29 is 0 Å². The van der Waals surface area contributed by atoms with Gasteiger partial charge in [-0.1, -0.05) is 30.3 Å². The van der Waals surface area contributed by atoms with Gasteiger partial charge < -0.3 is 0 Å². The fourth-order valence-corrected chi connectivity index (χ4v) is 3.38. The number of hydrogen-bond acceptors (Lipinski definition) is 4. The Labute approximate surface area is 154 Å². The Morgan fingerprint density at radius 2 is 1.69 bits per heavy atom. The highest BCUT2D eigenvalue weighted by Gasteiger charge is 2.14. The van der Waals surface area contributed by atoms with Gasteiger partial charge in [0.1, 0.15) is 0 Å². The number of para-hydroxylation sites is 2. The summed E-state index contributed by atoms with van der Waals surface area (Å²) >= 11 is 1.64. The van der Waals surface area contributed by atoms with E-state index in [1.807, 2.05) is 66.9 Å². The minimum absolute atomic E-state index is 0.138. The second-order valence-electron chi connectivity index (χ2n) is 5.61. The summed E-state index contributed by atoms with van der Waals surface area (Å²) in [5.41, 5.74) is 2.71. The van der Waals surface area contributed by atoms with Crippen molar-refractivity contribution in [3.05, 3.63) is 89.3 Å². The standard InChI is InChI=1S/C20H16N4OS/c1-26-19-10-6-5-9-16(19)23-14-12-18(25)20(22-23)17-11-13-21-24(17)15-7-3-2-4-8-15/h2-14H,1H3. The summed E-state index contributed by atoms with van der Waals surface area (Å²) in [6.45, 7) is 0. The Bertz CT molecular complexity index is 1100. The second kappa shape index (κ2) is 7.01. The van der Waals surface area contributed by atoms with E-state index >= 15 is 0 Å². The zero-order valence-corrected chi connectivity index (χ0v) is 14.9. The molecule has 0 N–H and O–H groups in total. The third-order valence-electron chi connectivity index (χ3n) is 4.03. The van der Waals surface area contributed by atoms with Gasteiger partial charge in [0.2, 0.25) is 5.43 Å². The van der Waals surface area contributed by atoms with Crippen LogP contribution in [0.15, 0.2) is 88.8 Å². The lowest BCUT2D eigenvalue weighted by molar-refractivity contribution is 0.812. The van der Waals surface area contributed by atoms with Gasteiger partial charge in [0.15, 0.2) is 5.69 Å². The molecule has 0 bridgehead atoms. The maximum absolute atomic E-state index is 12.5. The average Bonchev–Trinajstić information content (AvgIpc) is 3.18. The number of nitrogens with zero attached hydrogens (tertiary/aromatic N) is 4. The first-order chi connectivity index (χ1) is 12.8. The van der Waals surface area contributed by atoms with E-state index in [1.165, 1.54) is 0 Å². The number of benzene rings is 2. The first kappa shape index (κ1) is 16.4. The molecule has 0 saturated carbocycles. The largest absolute Gasteiger partial charge is 0.287 e. The van der Waals surface area contributed by atoms with Gasteiger partial charge in [0.05, 0.1) is 23.3 Å². The van der Waals surface area contributed by atoms with Crippen molar-refractivity contribution in [1.29, 1.82) is 0 Å². The summed E-state index contributed by atoms with van der Waals surface area (Å²) in [5, 5.41) is 8.97. The summed E-state index contributed by atoms with van der Waals surface area (Å²) < 4.78 is 3.47. The predicted molar refractivity (Wildman–Crippen MR) is 104 cm³/mol. The highest BCUT2D eigenvalue weighted by Crippen LogP contribution is 2.24. The monoisotopic (exact) mass is 360 g/mol. The molecule has 4 rings (SSSR count). The van der Waals surface area contributed by atoms with Crippen molar-refractivity contribution in [3.8, 4) is 22.8 Å². The van der Waals surface area contributed by atoms with Crippen LogP contribution in [0.25, 0.3) is 22.8 Å². The van der Waals surface area contributed by atoms with Gasteiger partial charge >= 0.3 is 0 Å². The van der Waals surface area contributed by atoms with Crippen LogP contribution in [-0.2, 0) is 0 Å². The van der Waals surface area contributed by atoms with Crippen LogP contribution >= 0.6 is 11.8 Å². The topological polar surface area (TPSA) is 52.7 Å². The summed E-state index contributed by atoms with van der Waals surface area (Å²) in [6.07, 6.45) is 5.40. The van der Waals surface area contributed by atoms with Gasteiger partial charge in [-0.15, -0.1) is 11.8 Å². The minimum atomic E-state index is -0.138. The molecule has 0 amide bonds. The van der Waals surface area contributed by atoms with E-state index in [1.54, 1.807) is 39.6 Å². The van der Waals surface area contributed by atoms with Crippen LogP contribution in [0, 0.1) is 0 Å². The Hall–Kier alpha value is -3.12. The molecule has 2 aromatic carbocycles. The highest BCUT2D eigenvalue weighted by atomic mass is 32.2. The Kier molecular flexibility index (Phi) is 4.41. The van der Waals surface area contributed by atoms with E-state index in [-0.39, 0.29) is 5.43 Å². The van der Waals surface area contributed by atoms with Crippen LogP contribution < -0.4 is 5.43 Å². The van der Waals surface area contributed by atoms with Gasteiger partial charge in [0, 0.05) is 17.2 Å². The summed E-state index contributed by atoms with van der Waals surface area (Å²) in [5.74, 6) is 0. The van der Waals surface area contributed by atoms with Crippen molar-refractivity contribution in [3.63, 3.8) is 0 Å². The third kappa shape index (κ3) is 2.95. The lowest BCUT2D eigenvalue weighted by atomic mass is 10.2. The van der Waals surface area contributed by atoms with Crippen LogP contribution in [0.2, 0.25) is 0 Å². The number of thioether (sulfide) groups is 1. The lowest BCUT2D eigenvalue weighted by Crippen LogP contribution is -2.15. The SMILES string of the molecule is CSc1ccccc1-n1ccc(=O)c(-c2ccnn2-c2ccccc2)n1. The van der Waals surface area contributed by atoms with E-state index in [0.29, 0.717) is 11.4 Å². The molecule has 128 valence electrons. The molecule has 0 unspecified atom stereocenters. The van der Waals surface area contributed by atoms with Gasteiger partial charge in [0.25, 0.3) is 0 Å². The van der Waals surface area contributed by atoms with E-state index in [0.717, 1.165) is 16.3 Å². The molecule has 0 atom stereocenters. The zero-order valence-electron chi connectivity index (χ0n) is 14.1. The van der Waals surface area contributed by atoms with Crippen molar-refractivity contribution in [2.24, 2.45) is 0 Å². The quantitative estimate of drug-likeness (QED) is 0.519. The van der Waals surface area contributed by atoms with E-state index < -0.39 is 0 Å². The van der Waals surface area contributed by atoms with Crippen molar-refractivity contribution in [2.45, 2.75) is 4.90 Å². The molecule has 0 spiro atoms. The van der Waals surface area contributed by atoms with Crippen LogP contribution in [0.1, 0.15) is 0 Å². The Morgan fingerprint density at radius 3 is 2.50 bits per heavy atom. The molecule has 6 heteroatoms. The first-order valence-electron chi connectivity index (χ1n) is 8.11. The summed E-state index contributed by atoms with van der Waals surface area (Å²) in [7, 11) is 0. The maximum Gasteiger partial charge on any atom is 0.209 e. The lowest BCUT2D eigenvalue weighted by Gasteiger charge is -2.12. The molecule has 0 aliphatic carbocycles. The third-order valence-corrected chi connectivity index (χ3v) is 4.81. The summed E-state index contributed by atoms with van der Waals surface area (Å²) in [6, 6.07) is 21.0. The van der Waals surface area contributed by atoms with Crippen LogP contribution in [0.3, 0.4) is 0 Å². The summed E-state index contributed by atoms with van der Waals surface area (Å²) in [4.78, 5) is 13.6. The first-order valence-corrected chi connectivity index (χ1v) is 9.33. The van der Waals surface area contributed by atoms with Gasteiger partial charge in [-0.3, -0.25) is 4.79 Å². The molecule has 0 aliphatic heterocycles. The second-order valence-corrected chi connectivity index (χ2v) is 6.46. The molecule has 0 saturated heterocycles. The normalized spacial score (nSPS) is 10.8. The smallest absolute Gasteiger partial charge is 0.209 e. The highest BCUT2D eigenvalue weighted by molar-refractivity contribution is 7.98. The van der Waals surface area contributed by atoms with Gasteiger partial charge in [-0.05, 0) is 36.6 Å². The molecule has 0 aliphatic rings. The van der Waals surface area contributed by atoms with E-state index in [2.05, 4.69) is 10.2 Å². The minimum Gasteiger partial charge on any atom is -0.287 e. The Balaban J connectivity index is 1.87.